The summed E-state index contributed by atoms with van der Waals surface area (Å²) < 4.78 is 6.29. The lowest BCUT2D eigenvalue weighted by molar-refractivity contribution is -0.117. The van der Waals surface area contributed by atoms with E-state index in [4.69, 9.17) is 4.74 Å². The number of amides is 1. The van der Waals surface area contributed by atoms with E-state index in [0.29, 0.717) is 40.9 Å². The zero-order valence-electron chi connectivity index (χ0n) is 18.0. The average Bonchev–Trinajstić information content (AvgIpc) is 3.42. The van der Waals surface area contributed by atoms with Gasteiger partial charge in [-0.3, -0.25) is 9.59 Å². The van der Waals surface area contributed by atoms with Crippen LogP contribution in [0, 0.1) is 0 Å². The summed E-state index contributed by atoms with van der Waals surface area (Å²) in [7, 11) is 0. The molecule has 1 fully saturated rings. The molecule has 2 aromatic heterocycles. The average molecular weight is 456 g/mol. The Morgan fingerprint density at radius 3 is 2.75 bits per heavy atom. The lowest BCUT2D eigenvalue weighted by Gasteiger charge is -2.22. The van der Waals surface area contributed by atoms with Crippen LogP contribution in [0.4, 0.5) is 10.8 Å². The molecule has 1 aromatic carbocycles. The van der Waals surface area contributed by atoms with E-state index in [2.05, 4.69) is 15.4 Å². The molecule has 0 radical (unpaired) electrons. The van der Waals surface area contributed by atoms with Gasteiger partial charge in [0.2, 0.25) is 16.0 Å². The molecule has 0 bridgehead atoms. The van der Waals surface area contributed by atoms with E-state index in [1.165, 1.54) is 21.9 Å². The normalized spacial score (nSPS) is 15.8. The van der Waals surface area contributed by atoms with Crippen molar-refractivity contribution in [1.29, 1.82) is 0 Å². The number of esters is 1. The summed E-state index contributed by atoms with van der Waals surface area (Å²) in [4.78, 5) is 44.2. The number of hydrogen-bond acceptors (Lipinski definition) is 8. The Morgan fingerprint density at radius 2 is 2.03 bits per heavy atom. The third kappa shape index (κ3) is 4.50. The largest absolute Gasteiger partial charge is 0.462 e. The minimum atomic E-state index is -0.397. The Kier molecular flexibility index (Phi) is 6.50. The molecule has 0 spiro atoms. The Balaban J connectivity index is 1.51. The maximum atomic E-state index is 13.0. The number of nitrogens with zero attached hydrogens (tertiary/aromatic N) is 4. The number of rotatable bonds is 7. The lowest BCUT2D eigenvalue weighted by atomic mass is 10.2. The van der Waals surface area contributed by atoms with Crippen molar-refractivity contribution in [2.45, 2.75) is 45.6 Å². The van der Waals surface area contributed by atoms with Gasteiger partial charge in [-0.05, 0) is 50.5 Å². The number of carbonyl (C=O) groups excluding carboxylic acids is 2. The van der Waals surface area contributed by atoms with E-state index in [-0.39, 0.29) is 11.5 Å². The first-order chi connectivity index (χ1) is 15.5. The van der Waals surface area contributed by atoms with Crippen LogP contribution in [0.5, 0.6) is 0 Å². The molecule has 1 atom stereocenters. The maximum absolute atomic E-state index is 13.0. The highest BCUT2D eigenvalue weighted by Crippen LogP contribution is 2.30. The van der Waals surface area contributed by atoms with Crippen LogP contribution in [0.25, 0.3) is 4.96 Å². The fourth-order valence-electron chi connectivity index (χ4n) is 3.74. The van der Waals surface area contributed by atoms with Crippen LogP contribution < -0.4 is 15.8 Å². The topological polar surface area (TPSA) is 106 Å². The van der Waals surface area contributed by atoms with Gasteiger partial charge in [0.15, 0.2) is 0 Å². The third-order valence-corrected chi connectivity index (χ3v) is 6.20. The van der Waals surface area contributed by atoms with Crippen LogP contribution >= 0.6 is 11.3 Å². The smallest absolute Gasteiger partial charge is 0.338 e. The van der Waals surface area contributed by atoms with Gasteiger partial charge in [0.1, 0.15) is 6.04 Å². The van der Waals surface area contributed by atoms with Crippen LogP contribution in [0.2, 0.25) is 0 Å². The number of aryl methyl sites for hydroxylation is 1. The van der Waals surface area contributed by atoms with E-state index in [9.17, 15) is 14.4 Å². The first kappa shape index (κ1) is 21.9. The second kappa shape index (κ2) is 9.47. The van der Waals surface area contributed by atoms with Gasteiger partial charge in [0.05, 0.1) is 12.2 Å². The van der Waals surface area contributed by atoms with Crippen LogP contribution in [0.1, 0.15) is 49.2 Å². The third-order valence-electron chi connectivity index (χ3n) is 5.26. The van der Waals surface area contributed by atoms with Gasteiger partial charge in [0, 0.05) is 24.0 Å². The summed E-state index contributed by atoms with van der Waals surface area (Å²) in [6.07, 6.45) is 3.18. The van der Waals surface area contributed by atoms with Crippen molar-refractivity contribution in [3.63, 3.8) is 0 Å². The van der Waals surface area contributed by atoms with Gasteiger partial charge in [0.25, 0.3) is 5.56 Å². The molecule has 1 amide bonds. The number of benzene rings is 1. The fraction of sp³-hybridized carbons (Fsp3) is 0.409. The summed E-state index contributed by atoms with van der Waals surface area (Å²) >= 11 is 1.32. The molecule has 3 aromatic rings. The minimum absolute atomic E-state index is 0.155. The molecule has 9 nitrogen and oxygen atoms in total. The summed E-state index contributed by atoms with van der Waals surface area (Å²) in [6.45, 7) is 4.78. The number of nitrogens with one attached hydrogen (secondary N) is 1. The number of fused-ring (bicyclic) bond motifs is 1. The van der Waals surface area contributed by atoms with E-state index in [1.807, 2.05) is 11.8 Å². The molecule has 168 valence electrons. The van der Waals surface area contributed by atoms with E-state index in [0.717, 1.165) is 25.0 Å². The SMILES string of the molecule is CCCc1cc(=O)n2nc(N3CCC[C@@H]3C(=O)Nc3ccc(C(=O)OCC)cc3)sc2n1. The standard InChI is InChI=1S/C22H25N5O4S/c1-3-6-16-13-18(28)27-21(24-16)32-22(25-27)26-12-5-7-17(26)19(29)23-15-10-8-14(9-11-15)20(30)31-4-2/h8-11,13,17H,3-7,12H2,1-2H3,(H,23,29)/t17-/m1/s1. The molecule has 0 aliphatic carbocycles. The van der Waals surface area contributed by atoms with Crippen molar-refractivity contribution in [3.8, 4) is 0 Å². The number of hydrogen-bond donors (Lipinski definition) is 1. The Labute approximate surface area is 189 Å². The van der Waals surface area contributed by atoms with Gasteiger partial charge < -0.3 is 15.0 Å². The number of anilines is 2. The number of aromatic nitrogens is 3. The molecule has 1 aliphatic heterocycles. The van der Waals surface area contributed by atoms with E-state index in [1.54, 1.807) is 31.2 Å². The molecule has 0 saturated carbocycles. The lowest BCUT2D eigenvalue weighted by Crippen LogP contribution is -2.39. The summed E-state index contributed by atoms with van der Waals surface area (Å²) in [5, 5.41) is 7.96. The first-order valence-corrected chi connectivity index (χ1v) is 11.6. The number of carbonyl (C=O) groups is 2. The summed E-state index contributed by atoms with van der Waals surface area (Å²) in [5.74, 6) is -0.549. The molecule has 32 heavy (non-hydrogen) atoms. The van der Waals surface area contributed by atoms with Gasteiger partial charge in [-0.1, -0.05) is 24.7 Å². The Hall–Kier alpha value is -3.27. The van der Waals surface area contributed by atoms with Gasteiger partial charge in [-0.15, -0.1) is 5.10 Å². The Bertz CT molecular complexity index is 1190. The predicted octanol–water partition coefficient (Wildman–Crippen LogP) is 2.89. The van der Waals surface area contributed by atoms with Crippen LogP contribution in [0.3, 0.4) is 0 Å². The van der Waals surface area contributed by atoms with Crippen molar-refractivity contribution < 1.29 is 14.3 Å². The Morgan fingerprint density at radius 1 is 1.25 bits per heavy atom. The highest BCUT2D eigenvalue weighted by atomic mass is 32.1. The minimum Gasteiger partial charge on any atom is -0.462 e. The van der Waals surface area contributed by atoms with E-state index >= 15 is 0 Å². The van der Waals surface area contributed by atoms with Gasteiger partial charge in [-0.25, -0.2) is 9.78 Å². The molecule has 0 unspecified atom stereocenters. The summed E-state index contributed by atoms with van der Waals surface area (Å²) in [6, 6.07) is 7.73. The monoisotopic (exact) mass is 455 g/mol. The summed E-state index contributed by atoms with van der Waals surface area (Å²) in [5.41, 5.74) is 1.58. The van der Waals surface area contributed by atoms with Crippen molar-refractivity contribution in [2.24, 2.45) is 0 Å². The van der Waals surface area contributed by atoms with E-state index < -0.39 is 12.0 Å². The first-order valence-electron chi connectivity index (χ1n) is 10.7. The van der Waals surface area contributed by atoms with Crippen molar-refractivity contribution in [2.75, 3.05) is 23.4 Å². The van der Waals surface area contributed by atoms with Crippen molar-refractivity contribution in [1.82, 2.24) is 14.6 Å². The van der Waals surface area contributed by atoms with Crippen molar-refractivity contribution in [3.05, 3.63) is 51.9 Å². The zero-order chi connectivity index (χ0) is 22.7. The molecule has 1 aliphatic rings. The molecule has 4 rings (SSSR count). The van der Waals surface area contributed by atoms with Crippen LogP contribution in [0.15, 0.2) is 35.1 Å². The second-order valence-corrected chi connectivity index (χ2v) is 8.49. The quantitative estimate of drug-likeness (QED) is 0.546. The van der Waals surface area contributed by atoms with Crippen LogP contribution in [-0.4, -0.2) is 45.7 Å². The maximum Gasteiger partial charge on any atom is 0.338 e. The molecule has 1 saturated heterocycles. The highest BCUT2D eigenvalue weighted by molar-refractivity contribution is 7.20. The molecule has 10 heteroatoms. The predicted molar refractivity (Wildman–Crippen MR) is 123 cm³/mol. The molecule has 1 N–H and O–H groups in total. The second-order valence-electron chi connectivity index (χ2n) is 7.55. The van der Waals surface area contributed by atoms with Crippen molar-refractivity contribution >= 4 is 39.0 Å². The van der Waals surface area contributed by atoms with Gasteiger partial charge in [-0.2, -0.15) is 4.52 Å². The molecule has 3 heterocycles. The molecular weight excluding hydrogens is 430 g/mol. The van der Waals surface area contributed by atoms with Crippen LogP contribution in [-0.2, 0) is 16.0 Å². The zero-order valence-corrected chi connectivity index (χ0v) is 18.9. The fourth-order valence-corrected chi connectivity index (χ4v) is 4.75. The van der Waals surface area contributed by atoms with Gasteiger partial charge >= 0.3 is 5.97 Å². The highest BCUT2D eigenvalue weighted by Gasteiger charge is 2.33. The number of ether oxygens (including phenoxy) is 1. The molecular formula is C22H25N5O4S.